The first-order valence-corrected chi connectivity index (χ1v) is 9.55. The summed E-state index contributed by atoms with van der Waals surface area (Å²) in [6.45, 7) is 3.50. The number of likely N-dealkylation sites (N-methyl/N-ethyl adjacent to an activating group) is 2. The van der Waals surface area contributed by atoms with Crippen molar-refractivity contribution < 1.29 is 17.9 Å². The summed E-state index contributed by atoms with van der Waals surface area (Å²) in [5.74, 6) is 0.187. The summed E-state index contributed by atoms with van der Waals surface area (Å²) in [5, 5.41) is 0. The van der Waals surface area contributed by atoms with Gasteiger partial charge in [0.2, 0.25) is 15.9 Å². The number of anilines is 1. The Labute approximate surface area is 155 Å². The smallest absolute Gasteiger partial charge is 0.243 e. The fourth-order valence-electron chi connectivity index (χ4n) is 2.48. The minimum absolute atomic E-state index is 0.177. The lowest BCUT2D eigenvalue weighted by Crippen LogP contribution is -2.39. The molecule has 0 aliphatic carbocycles. The molecule has 6 nitrogen and oxygen atoms in total. The van der Waals surface area contributed by atoms with Gasteiger partial charge in [0.05, 0.1) is 24.2 Å². The molecule has 0 fully saturated rings. The molecule has 0 heterocycles. The van der Waals surface area contributed by atoms with Crippen molar-refractivity contribution in [2.45, 2.75) is 18.7 Å². The average molecular weight is 376 g/mol. The predicted octanol–water partition coefficient (Wildman–Crippen LogP) is 2.60. The summed E-state index contributed by atoms with van der Waals surface area (Å²) in [6.07, 6.45) is 0. The van der Waals surface area contributed by atoms with E-state index in [1.165, 1.54) is 19.1 Å². The topological polar surface area (TPSA) is 66.9 Å². The van der Waals surface area contributed by atoms with E-state index in [1.54, 1.807) is 49.5 Å². The number of hydrogen-bond donors (Lipinski definition) is 0. The second-order valence-electron chi connectivity index (χ2n) is 6.13. The molecule has 1 amide bonds. The number of nitrogens with zero attached hydrogens (tertiary/aromatic N) is 2. The number of carbonyl (C=O) groups is 1. The van der Waals surface area contributed by atoms with Gasteiger partial charge in [0.15, 0.2) is 0 Å². The number of amides is 1. The second kappa shape index (κ2) is 7.88. The van der Waals surface area contributed by atoms with Crippen LogP contribution in [0.25, 0.3) is 0 Å². The highest BCUT2D eigenvalue weighted by molar-refractivity contribution is 7.89. The van der Waals surface area contributed by atoms with Crippen LogP contribution in [0.1, 0.15) is 11.1 Å². The van der Waals surface area contributed by atoms with Crippen LogP contribution in [-0.4, -0.2) is 46.4 Å². The van der Waals surface area contributed by atoms with Crippen molar-refractivity contribution in [2.75, 3.05) is 32.6 Å². The van der Waals surface area contributed by atoms with Gasteiger partial charge in [-0.05, 0) is 49.2 Å². The first-order valence-electron chi connectivity index (χ1n) is 8.11. The number of ether oxygens (including phenoxy) is 1. The monoisotopic (exact) mass is 376 g/mol. The Morgan fingerprint density at radius 1 is 1.04 bits per heavy atom. The average Bonchev–Trinajstić information content (AvgIpc) is 2.62. The number of sulfonamides is 1. The number of carbonyl (C=O) groups excluding carboxylic acids is 1. The molecule has 2 aromatic carbocycles. The summed E-state index contributed by atoms with van der Waals surface area (Å²) in [5.41, 5.74) is 2.48. The Morgan fingerprint density at radius 3 is 2.31 bits per heavy atom. The first kappa shape index (κ1) is 19.9. The van der Waals surface area contributed by atoms with Crippen LogP contribution in [0, 0.1) is 13.8 Å². The van der Waals surface area contributed by atoms with E-state index in [1.807, 2.05) is 13.8 Å². The molecular formula is C19H24N2O4S. The Kier molecular flexibility index (Phi) is 6.05. The van der Waals surface area contributed by atoms with Crippen LogP contribution < -0.4 is 9.64 Å². The van der Waals surface area contributed by atoms with Crippen molar-refractivity contribution in [1.82, 2.24) is 4.31 Å². The van der Waals surface area contributed by atoms with Crippen molar-refractivity contribution in [1.29, 1.82) is 0 Å². The Morgan fingerprint density at radius 2 is 1.69 bits per heavy atom. The molecule has 140 valence electrons. The third-order valence-electron chi connectivity index (χ3n) is 4.37. The molecule has 0 aromatic heterocycles. The van der Waals surface area contributed by atoms with E-state index in [0.717, 1.165) is 15.4 Å². The van der Waals surface area contributed by atoms with E-state index in [0.29, 0.717) is 11.4 Å². The SMILES string of the molecule is COc1ccccc1N(C)C(=O)CN(C)S(=O)(=O)c1ccc(C)c(C)c1. The van der Waals surface area contributed by atoms with Crippen LogP contribution in [0.3, 0.4) is 0 Å². The number of para-hydroxylation sites is 2. The fraction of sp³-hybridized carbons (Fsp3) is 0.316. The Balaban J connectivity index is 2.21. The molecule has 0 aliphatic rings. The zero-order valence-corrected chi connectivity index (χ0v) is 16.5. The summed E-state index contributed by atoms with van der Waals surface area (Å²) in [6, 6.07) is 12.0. The summed E-state index contributed by atoms with van der Waals surface area (Å²) in [4.78, 5) is 14.2. The van der Waals surface area contributed by atoms with E-state index >= 15 is 0 Å². The number of aryl methyl sites for hydroxylation is 2. The minimum atomic E-state index is -3.75. The van der Waals surface area contributed by atoms with Crippen LogP contribution in [0.4, 0.5) is 5.69 Å². The molecule has 0 saturated heterocycles. The second-order valence-corrected chi connectivity index (χ2v) is 8.18. The zero-order chi connectivity index (χ0) is 19.5. The molecule has 2 aromatic rings. The summed E-state index contributed by atoms with van der Waals surface area (Å²) >= 11 is 0. The summed E-state index contributed by atoms with van der Waals surface area (Å²) in [7, 11) is 0.766. The third-order valence-corrected chi connectivity index (χ3v) is 6.16. The largest absolute Gasteiger partial charge is 0.495 e. The molecular weight excluding hydrogens is 352 g/mol. The lowest BCUT2D eigenvalue weighted by atomic mass is 10.1. The lowest BCUT2D eigenvalue weighted by Gasteiger charge is -2.23. The number of rotatable bonds is 6. The molecule has 0 unspecified atom stereocenters. The molecule has 2 rings (SSSR count). The maximum absolute atomic E-state index is 12.7. The minimum Gasteiger partial charge on any atom is -0.495 e. The molecule has 0 saturated carbocycles. The quantitative estimate of drug-likeness (QED) is 0.777. The molecule has 0 spiro atoms. The molecule has 26 heavy (non-hydrogen) atoms. The standard InChI is InChI=1S/C19H24N2O4S/c1-14-10-11-16(12-15(14)2)26(23,24)20(3)13-19(22)21(4)17-8-6-7-9-18(17)25-5/h6-12H,13H2,1-5H3. The first-order chi connectivity index (χ1) is 12.2. The van der Waals surface area contributed by atoms with E-state index in [4.69, 9.17) is 4.74 Å². The highest BCUT2D eigenvalue weighted by atomic mass is 32.2. The number of hydrogen-bond acceptors (Lipinski definition) is 4. The van der Waals surface area contributed by atoms with Crippen molar-refractivity contribution in [3.63, 3.8) is 0 Å². The normalized spacial score (nSPS) is 11.5. The van der Waals surface area contributed by atoms with Crippen molar-refractivity contribution >= 4 is 21.6 Å². The van der Waals surface area contributed by atoms with Gasteiger partial charge in [0.25, 0.3) is 0 Å². The molecule has 0 bridgehead atoms. The van der Waals surface area contributed by atoms with E-state index in [2.05, 4.69) is 0 Å². The molecule has 7 heteroatoms. The molecule has 0 radical (unpaired) electrons. The van der Waals surface area contributed by atoms with Gasteiger partial charge in [0, 0.05) is 14.1 Å². The van der Waals surface area contributed by atoms with E-state index in [9.17, 15) is 13.2 Å². The van der Waals surface area contributed by atoms with Gasteiger partial charge in [-0.1, -0.05) is 18.2 Å². The van der Waals surface area contributed by atoms with Gasteiger partial charge in [-0.25, -0.2) is 8.42 Å². The fourth-order valence-corrected chi connectivity index (χ4v) is 3.68. The Hall–Kier alpha value is -2.38. The van der Waals surface area contributed by atoms with Crippen molar-refractivity contribution in [2.24, 2.45) is 0 Å². The van der Waals surface area contributed by atoms with Gasteiger partial charge in [0.1, 0.15) is 5.75 Å². The van der Waals surface area contributed by atoms with Crippen LogP contribution >= 0.6 is 0 Å². The van der Waals surface area contributed by atoms with E-state index in [-0.39, 0.29) is 17.3 Å². The van der Waals surface area contributed by atoms with Crippen LogP contribution in [0.5, 0.6) is 5.75 Å². The maximum atomic E-state index is 12.7. The van der Waals surface area contributed by atoms with Crippen LogP contribution in [0.2, 0.25) is 0 Å². The molecule has 0 N–H and O–H groups in total. The van der Waals surface area contributed by atoms with Crippen LogP contribution in [0.15, 0.2) is 47.4 Å². The summed E-state index contributed by atoms with van der Waals surface area (Å²) < 4.78 is 31.8. The molecule has 0 atom stereocenters. The van der Waals surface area contributed by atoms with Crippen LogP contribution in [-0.2, 0) is 14.8 Å². The zero-order valence-electron chi connectivity index (χ0n) is 15.7. The Bertz CT molecular complexity index is 910. The lowest BCUT2D eigenvalue weighted by molar-refractivity contribution is -0.118. The molecule has 0 aliphatic heterocycles. The van der Waals surface area contributed by atoms with Gasteiger partial charge in [-0.15, -0.1) is 0 Å². The van der Waals surface area contributed by atoms with Crippen molar-refractivity contribution in [3.05, 3.63) is 53.6 Å². The van der Waals surface area contributed by atoms with Gasteiger partial charge >= 0.3 is 0 Å². The van der Waals surface area contributed by atoms with Gasteiger partial charge in [-0.3, -0.25) is 4.79 Å². The highest BCUT2D eigenvalue weighted by Crippen LogP contribution is 2.27. The third kappa shape index (κ3) is 4.05. The van der Waals surface area contributed by atoms with E-state index < -0.39 is 10.0 Å². The maximum Gasteiger partial charge on any atom is 0.243 e. The van der Waals surface area contributed by atoms with Gasteiger partial charge < -0.3 is 9.64 Å². The predicted molar refractivity (Wildman–Crippen MR) is 102 cm³/mol. The highest BCUT2D eigenvalue weighted by Gasteiger charge is 2.25. The number of benzene rings is 2. The van der Waals surface area contributed by atoms with Gasteiger partial charge in [-0.2, -0.15) is 4.31 Å². The van der Waals surface area contributed by atoms with Crippen molar-refractivity contribution in [3.8, 4) is 5.75 Å². The number of methoxy groups -OCH3 is 1.